The van der Waals surface area contributed by atoms with Gasteiger partial charge in [-0.3, -0.25) is 9.59 Å². The molecule has 144 valence electrons. The minimum absolute atomic E-state index is 0.0124. The van der Waals surface area contributed by atoms with Crippen molar-refractivity contribution in [2.75, 3.05) is 6.54 Å². The molecule has 3 rings (SSSR count). The van der Waals surface area contributed by atoms with Crippen LogP contribution >= 0.6 is 11.6 Å². The van der Waals surface area contributed by atoms with Crippen LogP contribution < -0.4 is 5.32 Å². The van der Waals surface area contributed by atoms with Crippen molar-refractivity contribution in [3.05, 3.63) is 52.1 Å². The second-order valence-electron chi connectivity index (χ2n) is 6.66. The smallest absolute Gasteiger partial charge is 0.227 e. The van der Waals surface area contributed by atoms with Crippen LogP contribution in [-0.4, -0.2) is 32.8 Å². The van der Waals surface area contributed by atoms with Gasteiger partial charge in [0.25, 0.3) is 0 Å². The van der Waals surface area contributed by atoms with Gasteiger partial charge in [-0.2, -0.15) is 0 Å². The Labute approximate surface area is 164 Å². The summed E-state index contributed by atoms with van der Waals surface area (Å²) in [6.07, 6.45) is 1.56. The number of benzene rings is 1. The molecule has 0 spiro atoms. The standard InChI is InChI=1S/C20H25ClN4O2/c1-3-19(26)22-12-18-23-16-9-10-24(13-17(16)25(18)4-2)20(27)11-14-5-7-15(21)8-6-14/h5-8H,3-4,9-13H2,1-2H3,(H,22,26). The van der Waals surface area contributed by atoms with Crippen LogP contribution in [0.15, 0.2) is 24.3 Å². The van der Waals surface area contributed by atoms with E-state index in [0.717, 1.165) is 35.7 Å². The summed E-state index contributed by atoms with van der Waals surface area (Å²) in [4.78, 5) is 30.9. The summed E-state index contributed by atoms with van der Waals surface area (Å²) in [5.41, 5.74) is 3.07. The Hall–Kier alpha value is -2.34. The first-order chi connectivity index (χ1) is 13.0. The minimum atomic E-state index is 0.0124. The Bertz CT molecular complexity index is 829. The zero-order chi connectivity index (χ0) is 19.4. The van der Waals surface area contributed by atoms with Gasteiger partial charge in [0.05, 0.1) is 30.9 Å². The van der Waals surface area contributed by atoms with E-state index >= 15 is 0 Å². The number of rotatable bonds is 6. The number of fused-ring (bicyclic) bond motifs is 1. The normalized spacial score (nSPS) is 13.4. The van der Waals surface area contributed by atoms with Crippen molar-refractivity contribution in [2.45, 2.75) is 52.7 Å². The summed E-state index contributed by atoms with van der Waals surface area (Å²) in [6.45, 7) is 6.30. The highest BCUT2D eigenvalue weighted by molar-refractivity contribution is 6.30. The van der Waals surface area contributed by atoms with Gasteiger partial charge in [0.2, 0.25) is 11.8 Å². The number of nitrogens with one attached hydrogen (secondary N) is 1. The fourth-order valence-corrected chi connectivity index (χ4v) is 3.51. The summed E-state index contributed by atoms with van der Waals surface area (Å²) in [6, 6.07) is 7.39. The molecule has 0 fully saturated rings. The molecule has 0 aliphatic carbocycles. The topological polar surface area (TPSA) is 67.2 Å². The number of carbonyl (C=O) groups excluding carboxylic acids is 2. The molecule has 0 atom stereocenters. The van der Waals surface area contributed by atoms with E-state index in [1.54, 1.807) is 0 Å². The molecule has 0 unspecified atom stereocenters. The zero-order valence-electron chi connectivity index (χ0n) is 15.8. The molecule has 1 aromatic heterocycles. The van der Waals surface area contributed by atoms with Crippen molar-refractivity contribution in [2.24, 2.45) is 0 Å². The van der Waals surface area contributed by atoms with Crippen molar-refractivity contribution >= 4 is 23.4 Å². The maximum Gasteiger partial charge on any atom is 0.227 e. The van der Waals surface area contributed by atoms with E-state index in [1.165, 1.54) is 0 Å². The molecule has 0 saturated carbocycles. The lowest BCUT2D eigenvalue weighted by Gasteiger charge is -2.27. The number of halogens is 1. The highest BCUT2D eigenvalue weighted by Crippen LogP contribution is 2.22. The first-order valence-corrected chi connectivity index (χ1v) is 9.75. The largest absolute Gasteiger partial charge is 0.349 e. The minimum Gasteiger partial charge on any atom is -0.349 e. The second kappa shape index (κ2) is 8.57. The Balaban J connectivity index is 1.71. The van der Waals surface area contributed by atoms with E-state index < -0.39 is 0 Å². The summed E-state index contributed by atoms with van der Waals surface area (Å²) in [7, 11) is 0. The van der Waals surface area contributed by atoms with E-state index in [0.29, 0.717) is 37.5 Å². The summed E-state index contributed by atoms with van der Waals surface area (Å²) < 4.78 is 2.12. The van der Waals surface area contributed by atoms with Crippen LogP contribution in [0.2, 0.25) is 5.02 Å². The highest BCUT2D eigenvalue weighted by atomic mass is 35.5. The lowest BCUT2D eigenvalue weighted by atomic mass is 10.1. The number of hydrogen-bond donors (Lipinski definition) is 1. The van der Waals surface area contributed by atoms with Crippen LogP contribution in [0.3, 0.4) is 0 Å². The van der Waals surface area contributed by atoms with Gasteiger partial charge in [-0.15, -0.1) is 0 Å². The molecule has 0 bridgehead atoms. The third kappa shape index (κ3) is 4.50. The first-order valence-electron chi connectivity index (χ1n) is 9.37. The molecule has 1 N–H and O–H groups in total. The van der Waals surface area contributed by atoms with Crippen molar-refractivity contribution < 1.29 is 9.59 Å². The number of imidazole rings is 1. The van der Waals surface area contributed by atoms with Crippen LogP contribution in [-0.2, 0) is 42.1 Å². The number of amides is 2. The quantitative estimate of drug-likeness (QED) is 0.827. The van der Waals surface area contributed by atoms with Gasteiger partial charge in [0.15, 0.2) is 0 Å². The average Bonchev–Trinajstić information content (AvgIpc) is 3.04. The number of aromatic nitrogens is 2. The van der Waals surface area contributed by atoms with Gasteiger partial charge in [0.1, 0.15) is 5.82 Å². The van der Waals surface area contributed by atoms with Crippen molar-refractivity contribution in [3.63, 3.8) is 0 Å². The van der Waals surface area contributed by atoms with Gasteiger partial charge in [-0.1, -0.05) is 30.7 Å². The zero-order valence-corrected chi connectivity index (χ0v) is 16.6. The molecule has 1 aromatic carbocycles. The predicted octanol–water partition coefficient (Wildman–Crippen LogP) is 2.71. The molecule has 27 heavy (non-hydrogen) atoms. The fourth-order valence-electron chi connectivity index (χ4n) is 3.38. The van der Waals surface area contributed by atoms with Crippen molar-refractivity contribution in [3.8, 4) is 0 Å². The molecule has 2 amide bonds. The summed E-state index contributed by atoms with van der Waals surface area (Å²) >= 11 is 5.91. The third-order valence-corrected chi connectivity index (χ3v) is 5.15. The fraction of sp³-hybridized carbons (Fsp3) is 0.450. The van der Waals surface area contributed by atoms with Gasteiger partial charge >= 0.3 is 0 Å². The van der Waals surface area contributed by atoms with E-state index in [2.05, 4.69) is 16.8 Å². The molecule has 1 aliphatic heterocycles. The Morgan fingerprint density at radius 1 is 1.22 bits per heavy atom. The van der Waals surface area contributed by atoms with Gasteiger partial charge in [-0.25, -0.2) is 4.98 Å². The van der Waals surface area contributed by atoms with Gasteiger partial charge in [-0.05, 0) is 24.6 Å². The Morgan fingerprint density at radius 3 is 2.63 bits per heavy atom. The van der Waals surface area contributed by atoms with Crippen LogP contribution in [0, 0.1) is 0 Å². The molecular weight excluding hydrogens is 364 g/mol. The Morgan fingerprint density at radius 2 is 1.96 bits per heavy atom. The monoisotopic (exact) mass is 388 g/mol. The summed E-state index contributed by atoms with van der Waals surface area (Å²) in [5.74, 6) is 0.974. The number of nitrogens with zero attached hydrogens (tertiary/aromatic N) is 3. The Kier molecular flexibility index (Phi) is 6.16. The highest BCUT2D eigenvalue weighted by Gasteiger charge is 2.26. The van der Waals surface area contributed by atoms with Crippen LogP contribution in [0.5, 0.6) is 0 Å². The molecule has 6 nitrogen and oxygen atoms in total. The molecule has 0 radical (unpaired) electrons. The maximum atomic E-state index is 12.7. The SMILES string of the molecule is CCC(=O)NCc1nc2c(n1CC)CN(C(=O)Cc1ccc(Cl)cc1)CC2. The van der Waals surface area contributed by atoms with Gasteiger partial charge in [0, 0.05) is 31.0 Å². The lowest BCUT2D eigenvalue weighted by molar-refractivity contribution is -0.131. The molecule has 2 aromatic rings. The van der Waals surface area contributed by atoms with Crippen LogP contribution in [0.1, 0.15) is 43.0 Å². The van der Waals surface area contributed by atoms with Crippen LogP contribution in [0.25, 0.3) is 0 Å². The van der Waals surface area contributed by atoms with Crippen LogP contribution in [0.4, 0.5) is 0 Å². The molecule has 0 saturated heterocycles. The third-order valence-electron chi connectivity index (χ3n) is 4.90. The van der Waals surface area contributed by atoms with E-state index in [-0.39, 0.29) is 11.8 Å². The molecular formula is C20H25ClN4O2. The average molecular weight is 389 g/mol. The van der Waals surface area contributed by atoms with Gasteiger partial charge < -0.3 is 14.8 Å². The van der Waals surface area contributed by atoms with Crippen molar-refractivity contribution in [1.29, 1.82) is 0 Å². The van der Waals surface area contributed by atoms with E-state index in [4.69, 9.17) is 16.6 Å². The maximum absolute atomic E-state index is 12.7. The molecule has 2 heterocycles. The number of carbonyl (C=O) groups is 2. The lowest BCUT2D eigenvalue weighted by Crippen LogP contribution is -2.37. The molecule has 1 aliphatic rings. The first kappa shape index (κ1) is 19.4. The second-order valence-corrected chi connectivity index (χ2v) is 7.10. The molecule has 7 heteroatoms. The predicted molar refractivity (Wildman–Crippen MR) is 104 cm³/mol. The number of hydrogen-bond acceptors (Lipinski definition) is 3. The van der Waals surface area contributed by atoms with Crippen molar-refractivity contribution in [1.82, 2.24) is 19.8 Å². The summed E-state index contributed by atoms with van der Waals surface area (Å²) in [5, 5.41) is 3.56. The van der Waals surface area contributed by atoms with E-state index in [1.807, 2.05) is 36.1 Å². The van der Waals surface area contributed by atoms with E-state index in [9.17, 15) is 9.59 Å².